The van der Waals surface area contributed by atoms with Crippen molar-refractivity contribution in [2.24, 2.45) is 0 Å². The molecule has 102 valence electrons. The summed E-state index contributed by atoms with van der Waals surface area (Å²) in [6.45, 7) is 5.22. The van der Waals surface area contributed by atoms with Crippen LogP contribution in [-0.4, -0.2) is 36.5 Å². The number of aryl methyl sites for hydroxylation is 1. The number of esters is 1. The summed E-state index contributed by atoms with van der Waals surface area (Å²) in [5.41, 5.74) is 2.48. The van der Waals surface area contributed by atoms with Crippen LogP contribution in [0.2, 0.25) is 0 Å². The van der Waals surface area contributed by atoms with Crippen LogP contribution in [0.1, 0.15) is 34.3 Å². The molecule has 0 N–H and O–H groups in total. The Labute approximate surface area is 113 Å². The molecule has 0 spiro atoms. The molecule has 0 unspecified atom stereocenters. The number of hydrogen-bond acceptors (Lipinski definition) is 3. The molecular weight excluding hydrogens is 242 g/mol. The summed E-state index contributed by atoms with van der Waals surface area (Å²) >= 11 is 0. The summed E-state index contributed by atoms with van der Waals surface area (Å²) < 4.78 is 5.11. The third-order valence-electron chi connectivity index (χ3n) is 3.61. The van der Waals surface area contributed by atoms with E-state index < -0.39 is 5.97 Å². The number of carbonyl (C=O) groups is 2. The normalized spacial score (nSPS) is 14.5. The maximum atomic E-state index is 11.9. The van der Waals surface area contributed by atoms with Crippen molar-refractivity contribution in [3.05, 3.63) is 34.9 Å². The van der Waals surface area contributed by atoms with E-state index in [4.69, 9.17) is 4.74 Å². The van der Waals surface area contributed by atoms with Crippen LogP contribution in [0.15, 0.2) is 18.2 Å². The van der Waals surface area contributed by atoms with Gasteiger partial charge in [0.25, 0.3) is 5.91 Å². The average Bonchev–Trinajstić information content (AvgIpc) is 2.93. The van der Waals surface area contributed by atoms with Crippen molar-refractivity contribution in [2.75, 3.05) is 19.7 Å². The lowest BCUT2D eigenvalue weighted by atomic mass is 10.0. The SMILES string of the molecule is Cc1cccc(C(=O)OCC(=O)N2CCCC2)c1C. The van der Waals surface area contributed by atoms with E-state index in [1.54, 1.807) is 11.0 Å². The van der Waals surface area contributed by atoms with Crippen molar-refractivity contribution < 1.29 is 14.3 Å². The number of likely N-dealkylation sites (tertiary alicyclic amines) is 1. The third-order valence-corrected chi connectivity index (χ3v) is 3.61. The summed E-state index contributed by atoms with van der Waals surface area (Å²) in [7, 11) is 0. The molecule has 2 rings (SSSR count). The van der Waals surface area contributed by atoms with Crippen molar-refractivity contribution in [2.45, 2.75) is 26.7 Å². The van der Waals surface area contributed by atoms with Gasteiger partial charge in [-0.3, -0.25) is 4.79 Å². The van der Waals surface area contributed by atoms with Crippen LogP contribution < -0.4 is 0 Å². The Hall–Kier alpha value is -1.84. The van der Waals surface area contributed by atoms with Crippen molar-refractivity contribution in [3.63, 3.8) is 0 Å². The van der Waals surface area contributed by atoms with Crippen LogP contribution in [0.5, 0.6) is 0 Å². The van der Waals surface area contributed by atoms with E-state index >= 15 is 0 Å². The van der Waals surface area contributed by atoms with E-state index in [1.807, 2.05) is 26.0 Å². The Bertz CT molecular complexity index is 490. The topological polar surface area (TPSA) is 46.6 Å². The number of benzene rings is 1. The van der Waals surface area contributed by atoms with Gasteiger partial charge in [-0.2, -0.15) is 0 Å². The molecule has 19 heavy (non-hydrogen) atoms. The Morgan fingerprint density at radius 1 is 1.21 bits per heavy atom. The van der Waals surface area contributed by atoms with Gasteiger partial charge in [0.05, 0.1) is 5.56 Å². The molecule has 1 aliphatic rings. The standard InChI is InChI=1S/C15H19NO3/c1-11-6-5-7-13(12(11)2)15(18)19-10-14(17)16-8-3-4-9-16/h5-7H,3-4,8-10H2,1-2H3. The Morgan fingerprint density at radius 2 is 1.89 bits per heavy atom. The molecule has 0 atom stereocenters. The third kappa shape index (κ3) is 3.13. The van der Waals surface area contributed by atoms with E-state index in [9.17, 15) is 9.59 Å². The van der Waals surface area contributed by atoms with E-state index in [0.29, 0.717) is 5.56 Å². The van der Waals surface area contributed by atoms with Gasteiger partial charge in [-0.15, -0.1) is 0 Å². The molecule has 1 heterocycles. The zero-order valence-corrected chi connectivity index (χ0v) is 11.4. The lowest BCUT2D eigenvalue weighted by Crippen LogP contribution is -2.32. The minimum Gasteiger partial charge on any atom is -0.452 e. The Morgan fingerprint density at radius 3 is 2.58 bits per heavy atom. The van der Waals surface area contributed by atoms with Crippen molar-refractivity contribution in [1.82, 2.24) is 4.90 Å². The molecule has 0 aliphatic carbocycles. The van der Waals surface area contributed by atoms with Crippen molar-refractivity contribution in [3.8, 4) is 0 Å². The first kappa shape index (κ1) is 13.6. The van der Waals surface area contributed by atoms with Crippen molar-refractivity contribution in [1.29, 1.82) is 0 Å². The number of amides is 1. The first-order valence-electron chi connectivity index (χ1n) is 6.60. The number of nitrogens with zero attached hydrogens (tertiary/aromatic N) is 1. The second-order valence-corrected chi connectivity index (χ2v) is 4.91. The highest BCUT2D eigenvalue weighted by Gasteiger charge is 2.20. The number of rotatable bonds is 3. The maximum absolute atomic E-state index is 11.9. The largest absolute Gasteiger partial charge is 0.452 e. The summed E-state index contributed by atoms with van der Waals surface area (Å²) in [6, 6.07) is 5.49. The second kappa shape index (κ2) is 5.87. The fraction of sp³-hybridized carbons (Fsp3) is 0.467. The molecule has 1 amide bonds. The van der Waals surface area contributed by atoms with E-state index in [-0.39, 0.29) is 12.5 Å². The van der Waals surface area contributed by atoms with Crippen LogP contribution in [0.3, 0.4) is 0 Å². The Kier molecular flexibility index (Phi) is 4.20. The van der Waals surface area contributed by atoms with E-state index in [2.05, 4.69) is 0 Å². The zero-order chi connectivity index (χ0) is 13.8. The molecule has 1 fully saturated rings. The average molecular weight is 261 g/mol. The molecule has 1 aromatic carbocycles. The molecule has 0 aromatic heterocycles. The molecule has 4 heteroatoms. The zero-order valence-electron chi connectivity index (χ0n) is 11.4. The van der Waals surface area contributed by atoms with Gasteiger partial charge < -0.3 is 9.64 Å². The number of ether oxygens (including phenoxy) is 1. The summed E-state index contributed by atoms with van der Waals surface area (Å²) in [5, 5.41) is 0. The predicted molar refractivity (Wildman–Crippen MR) is 72.0 cm³/mol. The molecule has 1 aromatic rings. The van der Waals surface area contributed by atoms with Crippen LogP contribution in [0.25, 0.3) is 0 Å². The smallest absolute Gasteiger partial charge is 0.338 e. The summed E-state index contributed by atoms with van der Waals surface area (Å²) in [5.74, 6) is -0.523. The fourth-order valence-electron chi connectivity index (χ4n) is 2.24. The van der Waals surface area contributed by atoms with Crippen LogP contribution in [0, 0.1) is 13.8 Å². The molecule has 0 bridgehead atoms. The first-order valence-corrected chi connectivity index (χ1v) is 6.60. The molecule has 1 aliphatic heterocycles. The fourth-order valence-corrected chi connectivity index (χ4v) is 2.24. The van der Waals surface area contributed by atoms with Crippen LogP contribution >= 0.6 is 0 Å². The van der Waals surface area contributed by atoms with Gasteiger partial charge in [-0.05, 0) is 43.9 Å². The summed E-state index contributed by atoms with van der Waals surface area (Å²) in [4.78, 5) is 25.5. The highest BCUT2D eigenvalue weighted by Crippen LogP contribution is 2.14. The lowest BCUT2D eigenvalue weighted by molar-refractivity contribution is -0.133. The van der Waals surface area contributed by atoms with Gasteiger partial charge in [0.1, 0.15) is 0 Å². The minimum absolute atomic E-state index is 0.101. The maximum Gasteiger partial charge on any atom is 0.338 e. The highest BCUT2D eigenvalue weighted by molar-refractivity contribution is 5.93. The van der Waals surface area contributed by atoms with Gasteiger partial charge in [-0.25, -0.2) is 4.79 Å². The Balaban J connectivity index is 1.94. The van der Waals surface area contributed by atoms with Gasteiger partial charge in [0, 0.05) is 13.1 Å². The molecule has 1 saturated heterocycles. The minimum atomic E-state index is -0.422. The quantitative estimate of drug-likeness (QED) is 0.783. The number of carbonyl (C=O) groups excluding carboxylic acids is 2. The summed E-state index contributed by atoms with van der Waals surface area (Å²) in [6.07, 6.45) is 2.08. The van der Waals surface area contributed by atoms with E-state index in [0.717, 1.165) is 37.1 Å². The van der Waals surface area contributed by atoms with Crippen molar-refractivity contribution >= 4 is 11.9 Å². The first-order chi connectivity index (χ1) is 9.09. The molecule has 4 nitrogen and oxygen atoms in total. The molecule has 0 saturated carbocycles. The monoisotopic (exact) mass is 261 g/mol. The highest BCUT2D eigenvalue weighted by atomic mass is 16.5. The van der Waals surface area contributed by atoms with Gasteiger partial charge in [-0.1, -0.05) is 12.1 Å². The van der Waals surface area contributed by atoms with E-state index in [1.165, 1.54) is 0 Å². The van der Waals surface area contributed by atoms with Gasteiger partial charge in [0.2, 0.25) is 0 Å². The molecular formula is C15H19NO3. The second-order valence-electron chi connectivity index (χ2n) is 4.91. The predicted octanol–water partition coefficient (Wildman–Crippen LogP) is 2.08. The van der Waals surface area contributed by atoms with Crippen LogP contribution in [0.4, 0.5) is 0 Å². The van der Waals surface area contributed by atoms with Gasteiger partial charge in [0.15, 0.2) is 6.61 Å². The number of hydrogen-bond donors (Lipinski definition) is 0. The van der Waals surface area contributed by atoms with Crippen LogP contribution in [-0.2, 0) is 9.53 Å². The molecule has 0 radical (unpaired) electrons. The van der Waals surface area contributed by atoms with Gasteiger partial charge >= 0.3 is 5.97 Å². The lowest BCUT2D eigenvalue weighted by Gasteiger charge is -2.15.